The molecule has 1 rings (SSSR count). The highest BCUT2D eigenvalue weighted by molar-refractivity contribution is 5.38. The number of hydrogen-bond donors (Lipinski definition) is 1. The van der Waals surface area contributed by atoms with Crippen molar-refractivity contribution in [3.8, 4) is 0 Å². The van der Waals surface area contributed by atoms with Crippen LogP contribution in [0.3, 0.4) is 0 Å². The molecule has 3 heteroatoms. The first kappa shape index (κ1) is 11.1. The number of hydrogen-bond acceptors (Lipinski definition) is 2. The third-order valence-corrected chi connectivity index (χ3v) is 2.31. The molecule has 0 radical (unpaired) electrons. The molecule has 1 aromatic heterocycles. The molecular formula is C11H21N3. The van der Waals surface area contributed by atoms with Gasteiger partial charge in [-0.1, -0.05) is 27.7 Å². The van der Waals surface area contributed by atoms with Gasteiger partial charge in [-0.2, -0.15) is 0 Å². The lowest BCUT2D eigenvalue weighted by molar-refractivity contribution is 0.497. The monoisotopic (exact) mass is 195 g/mol. The van der Waals surface area contributed by atoms with Crippen LogP contribution in [-0.2, 0) is 12.0 Å². The van der Waals surface area contributed by atoms with E-state index in [1.165, 1.54) is 0 Å². The Morgan fingerprint density at radius 2 is 1.93 bits per heavy atom. The summed E-state index contributed by atoms with van der Waals surface area (Å²) in [4.78, 5) is 4.54. The molecule has 0 saturated heterocycles. The molecule has 1 heterocycles. The fourth-order valence-corrected chi connectivity index (χ4v) is 1.61. The van der Waals surface area contributed by atoms with E-state index in [9.17, 15) is 0 Å². The van der Waals surface area contributed by atoms with E-state index in [4.69, 9.17) is 5.73 Å². The largest absolute Gasteiger partial charge is 0.384 e. The minimum absolute atomic E-state index is 0.0670. The standard InChI is InChI=1S/C11H21N3/c1-6-7-14-9(12)8(2)13-10(14)11(3,4)5/h6-7,12H2,1-5H3. The molecule has 2 N–H and O–H groups in total. The van der Waals surface area contributed by atoms with Crippen LogP contribution in [0, 0.1) is 6.92 Å². The van der Waals surface area contributed by atoms with E-state index >= 15 is 0 Å². The van der Waals surface area contributed by atoms with Crippen molar-refractivity contribution in [1.82, 2.24) is 9.55 Å². The second-order valence-electron chi connectivity index (χ2n) is 4.81. The summed E-state index contributed by atoms with van der Waals surface area (Å²) in [5, 5.41) is 0. The van der Waals surface area contributed by atoms with Crippen LogP contribution in [0.25, 0.3) is 0 Å². The summed E-state index contributed by atoms with van der Waals surface area (Å²) in [6.07, 6.45) is 1.09. The third-order valence-electron chi connectivity index (χ3n) is 2.31. The molecule has 1 aromatic rings. The van der Waals surface area contributed by atoms with Crippen molar-refractivity contribution < 1.29 is 0 Å². The Hall–Kier alpha value is -0.990. The van der Waals surface area contributed by atoms with Gasteiger partial charge in [-0.15, -0.1) is 0 Å². The van der Waals surface area contributed by atoms with Gasteiger partial charge in [0, 0.05) is 12.0 Å². The molecule has 0 fully saturated rings. The van der Waals surface area contributed by atoms with Crippen molar-refractivity contribution in [1.29, 1.82) is 0 Å². The van der Waals surface area contributed by atoms with Crippen molar-refractivity contribution >= 4 is 5.82 Å². The summed E-state index contributed by atoms with van der Waals surface area (Å²) in [5.74, 6) is 1.91. The zero-order chi connectivity index (χ0) is 10.9. The van der Waals surface area contributed by atoms with Crippen LogP contribution in [0.4, 0.5) is 5.82 Å². The zero-order valence-corrected chi connectivity index (χ0v) is 9.89. The highest BCUT2D eigenvalue weighted by Gasteiger charge is 2.22. The molecule has 0 unspecified atom stereocenters. The van der Waals surface area contributed by atoms with E-state index in [2.05, 4.69) is 37.2 Å². The summed E-state index contributed by atoms with van der Waals surface area (Å²) < 4.78 is 2.13. The van der Waals surface area contributed by atoms with E-state index in [0.29, 0.717) is 0 Å². The third kappa shape index (κ3) is 1.91. The highest BCUT2D eigenvalue weighted by Crippen LogP contribution is 2.25. The molecule has 14 heavy (non-hydrogen) atoms. The van der Waals surface area contributed by atoms with Gasteiger partial charge in [-0.25, -0.2) is 4.98 Å². The SMILES string of the molecule is CCCn1c(C(C)(C)C)nc(C)c1N. The van der Waals surface area contributed by atoms with Gasteiger partial charge >= 0.3 is 0 Å². The maximum absolute atomic E-state index is 5.99. The van der Waals surface area contributed by atoms with Gasteiger partial charge in [-0.3, -0.25) is 0 Å². The zero-order valence-electron chi connectivity index (χ0n) is 9.89. The quantitative estimate of drug-likeness (QED) is 0.788. The number of aryl methyl sites for hydroxylation is 1. The second kappa shape index (κ2) is 3.64. The Morgan fingerprint density at radius 3 is 2.36 bits per heavy atom. The van der Waals surface area contributed by atoms with Crippen LogP contribution >= 0.6 is 0 Å². The van der Waals surface area contributed by atoms with Crippen molar-refractivity contribution in [2.45, 2.75) is 53.0 Å². The van der Waals surface area contributed by atoms with Crippen LogP contribution < -0.4 is 5.73 Å². The maximum Gasteiger partial charge on any atom is 0.126 e. The summed E-state index contributed by atoms with van der Waals surface area (Å²) >= 11 is 0. The Labute approximate surface area is 86.3 Å². The predicted molar refractivity (Wildman–Crippen MR) is 60.4 cm³/mol. The van der Waals surface area contributed by atoms with Gasteiger partial charge in [0.15, 0.2) is 0 Å². The molecule has 0 aliphatic heterocycles. The Balaban J connectivity index is 3.22. The van der Waals surface area contributed by atoms with E-state index in [0.717, 1.165) is 30.3 Å². The first-order valence-corrected chi connectivity index (χ1v) is 5.21. The normalized spacial score (nSPS) is 12.1. The van der Waals surface area contributed by atoms with E-state index in [-0.39, 0.29) is 5.41 Å². The Morgan fingerprint density at radius 1 is 1.36 bits per heavy atom. The van der Waals surface area contributed by atoms with Crippen molar-refractivity contribution in [2.75, 3.05) is 5.73 Å². The molecule has 0 amide bonds. The first-order valence-electron chi connectivity index (χ1n) is 5.21. The van der Waals surface area contributed by atoms with E-state index in [1.54, 1.807) is 0 Å². The average Bonchev–Trinajstić information content (AvgIpc) is 2.32. The molecule has 0 aliphatic carbocycles. The van der Waals surface area contributed by atoms with Gasteiger partial charge in [0.05, 0.1) is 5.69 Å². The Kier molecular flexibility index (Phi) is 2.88. The summed E-state index contributed by atoms with van der Waals surface area (Å²) in [6, 6.07) is 0. The van der Waals surface area contributed by atoms with Crippen LogP contribution in [0.5, 0.6) is 0 Å². The predicted octanol–water partition coefficient (Wildman–Crippen LogP) is 2.48. The second-order valence-corrected chi connectivity index (χ2v) is 4.81. The minimum atomic E-state index is 0.0670. The highest BCUT2D eigenvalue weighted by atomic mass is 15.1. The van der Waals surface area contributed by atoms with E-state index in [1.807, 2.05) is 6.92 Å². The molecule has 0 spiro atoms. The summed E-state index contributed by atoms with van der Waals surface area (Å²) in [7, 11) is 0. The van der Waals surface area contributed by atoms with Crippen molar-refractivity contribution in [2.24, 2.45) is 0 Å². The molecule has 80 valence electrons. The van der Waals surface area contributed by atoms with Crippen LogP contribution in [0.2, 0.25) is 0 Å². The fourth-order valence-electron chi connectivity index (χ4n) is 1.61. The fraction of sp³-hybridized carbons (Fsp3) is 0.727. The molecule has 0 bridgehead atoms. The molecule has 0 saturated carbocycles. The van der Waals surface area contributed by atoms with Gasteiger partial charge in [-0.05, 0) is 13.3 Å². The van der Waals surface area contributed by atoms with Gasteiger partial charge in [0.25, 0.3) is 0 Å². The maximum atomic E-state index is 5.99. The number of anilines is 1. The smallest absolute Gasteiger partial charge is 0.126 e. The first-order chi connectivity index (χ1) is 6.38. The number of aromatic nitrogens is 2. The molecule has 0 atom stereocenters. The van der Waals surface area contributed by atoms with Crippen LogP contribution in [0.1, 0.15) is 45.6 Å². The molecular weight excluding hydrogens is 174 g/mol. The van der Waals surface area contributed by atoms with Gasteiger partial charge in [0.2, 0.25) is 0 Å². The van der Waals surface area contributed by atoms with E-state index < -0.39 is 0 Å². The summed E-state index contributed by atoms with van der Waals surface area (Å²) in [6.45, 7) is 11.6. The number of nitrogens with two attached hydrogens (primary N) is 1. The number of imidazole rings is 1. The lowest BCUT2D eigenvalue weighted by Gasteiger charge is -2.19. The Bertz CT molecular complexity index is 318. The van der Waals surface area contributed by atoms with Gasteiger partial charge in [0.1, 0.15) is 11.6 Å². The van der Waals surface area contributed by atoms with Crippen LogP contribution in [-0.4, -0.2) is 9.55 Å². The van der Waals surface area contributed by atoms with Crippen LogP contribution in [0.15, 0.2) is 0 Å². The van der Waals surface area contributed by atoms with Crippen molar-refractivity contribution in [3.05, 3.63) is 11.5 Å². The van der Waals surface area contributed by atoms with Crippen molar-refractivity contribution in [3.63, 3.8) is 0 Å². The topological polar surface area (TPSA) is 43.8 Å². The summed E-state index contributed by atoms with van der Waals surface area (Å²) in [5.41, 5.74) is 7.00. The number of rotatable bonds is 2. The molecule has 0 aliphatic rings. The minimum Gasteiger partial charge on any atom is -0.384 e. The number of nitrogen functional groups attached to an aromatic ring is 1. The number of nitrogens with zero attached hydrogens (tertiary/aromatic N) is 2. The lowest BCUT2D eigenvalue weighted by atomic mass is 9.95. The molecule has 0 aromatic carbocycles. The van der Waals surface area contributed by atoms with Gasteiger partial charge < -0.3 is 10.3 Å². The molecule has 3 nitrogen and oxygen atoms in total. The average molecular weight is 195 g/mol. The lowest BCUT2D eigenvalue weighted by Crippen LogP contribution is -2.19.